The highest BCUT2D eigenvalue weighted by Gasteiger charge is 2.30. The molecular weight excluding hydrogens is 267 g/mol. The Balaban J connectivity index is 0.00000289. The molecule has 0 aliphatic rings. The second kappa shape index (κ2) is 7.48. The van der Waals surface area contributed by atoms with E-state index >= 15 is 0 Å². The van der Waals surface area contributed by atoms with E-state index in [2.05, 4.69) is 11.7 Å². The van der Waals surface area contributed by atoms with E-state index in [9.17, 15) is 13.2 Å². The van der Waals surface area contributed by atoms with Crippen LogP contribution >= 0.6 is 12.4 Å². The number of unbranched alkanes of at least 4 members (excludes halogenated alkanes) is 1. The summed E-state index contributed by atoms with van der Waals surface area (Å²) >= 11 is 0. The molecule has 0 bridgehead atoms. The van der Waals surface area contributed by atoms with Crippen LogP contribution in [0.15, 0.2) is 24.3 Å². The molecule has 0 spiro atoms. The molecule has 1 atom stereocenters. The lowest BCUT2D eigenvalue weighted by Gasteiger charge is -2.13. The van der Waals surface area contributed by atoms with Gasteiger partial charge in [0.25, 0.3) is 0 Å². The number of hydrogen-bond donors (Lipinski definition) is 1. The van der Waals surface area contributed by atoms with Crippen molar-refractivity contribution in [1.29, 1.82) is 0 Å². The molecule has 0 unspecified atom stereocenters. The van der Waals surface area contributed by atoms with Crippen molar-refractivity contribution in [2.24, 2.45) is 5.73 Å². The molecule has 0 radical (unpaired) electrons. The van der Waals surface area contributed by atoms with Gasteiger partial charge in [0.15, 0.2) is 0 Å². The van der Waals surface area contributed by atoms with Crippen LogP contribution < -0.4 is 10.5 Å². The van der Waals surface area contributed by atoms with Gasteiger partial charge >= 0.3 is 6.36 Å². The van der Waals surface area contributed by atoms with Gasteiger partial charge in [0.05, 0.1) is 0 Å². The van der Waals surface area contributed by atoms with Crippen molar-refractivity contribution >= 4 is 12.4 Å². The molecule has 2 nitrogen and oxygen atoms in total. The first-order valence-electron chi connectivity index (χ1n) is 5.53. The standard InChI is InChI=1S/C12H16F3NO.ClH/c1-2-3-4-11(16)9-5-7-10(8-6-9)17-12(13,14)15;/h5-8,11H,2-4,16H2,1H3;1H/t11-;/m1./s1. The third kappa shape index (κ3) is 6.12. The summed E-state index contributed by atoms with van der Waals surface area (Å²) in [4.78, 5) is 0. The van der Waals surface area contributed by atoms with Crippen molar-refractivity contribution in [3.63, 3.8) is 0 Å². The second-order valence-corrected chi connectivity index (χ2v) is 3.87. The molecule has 0 aliphatic heterocycles. The summed E-state index contributed by atoms with van der Waals surface area (Å²) in [6.45, 7) is 2.06. The van der Waals surface area contributed by atoms with Crippen molar-refractivity contribution in [2.75, 3.05) is 0 Å². The predicted molar refractivity (Wildman–Crippen MR) is 66.8 cm³/mol. The summed E-state index contributed by atoms with van der Waals surface area (Å²) < 4.78 is 39.5. The monoisotopic (exact) mass is 283 g/mol. The number of ether oxygens (including phenoxy) is 1. The van der Waals surface area contributed by atoms with E-state index in [1.807, 2.05) is 0 Å². The molecule has 0 saturated heterocycles. The van der Waals surface area contributed by atoms with E-state index in [-0.39, 0.29) is 24.2 Å². The number of benzene rings is 1. The fourth-order valence-corrected chi connectivity index (χ4v) is 1.51. The zero-order chi connectivity index (χ0) is 12.9. The zero-order valence-electron chi connectivity index (χ0n) is 10.0. The van der Waals surface area contributed by atoms with Gasteiger partial charge in [0, 0.05) is 6.04 Å². The Labute approximate surface area is 111 Å². The maximum absolute atomic E-state index is 11.9. The van der Waals surface area contributed by atoms with E-state index in [0.29, 0.717) is 0 Å². The van der Waals surface area contributed by atoms with Gasteiger partial charge in [-0.3, -0.25) is 0 Å². The summed E-state index contributed by atoms with van der Waals surface area (Å²) in [7, 11) is 0. The van der Waals surface area contributed by atoms with Crippen molar-refractivity contribution in [3.8, 4) is 5.75 Å². The minimum absolute atomic E-state index is 0. The van der Waals surface area contributed by atoms with Crippen LogP contribution in [0.25, 0.3) is 0 Å². The van der Waals surface area contributed by atoms with Gasteiger partial charge in [-0.05, 0) is 24.1 Å². The lowest BCUT2D eigenvalue weighted by atomic mass is 10.0. The smallest absolute Gasteiger partial charge is 0.406 e. The quantitative estimate of drug-likeness (QED) is 0.879. The second-order valence-electron chi connectivity index (χ2n) is 3.87. The largest absolute Gasteiger partial charge is 0.573 e. The average Bonchev–Trinajstić information content (AvgIpc) is 2.24. The van der Waals surface area contributed by atoms with E-state index in [1.54, 1.807) is 12.1 Å². The van der Waals surface area contributed by atoms with E-state index < -0.39 is 6.36 Å². The van der Waals surface area contributed by atoms with Crippen LogP contribution in [-0.2, 0) is 0 Å². The minimum Gasteiger partial charge on any atom is -0.406 e. The van der Waals surface area contributed by atoms with Crippen molar-refractivity contribution < 1.29 is 17.9 Å². The Morgan fingerprint density at radius 3 is 2.22 bits per heavy atom. The molecule has 0 heterocycles. The van der Waals surface area contributed by atoms with Gasteiger partial charge in [-0.1, -0.05) is 31.9 Å². The van der Waals surface area contributed by atoms with Crippen LogP contribution in [0.4, 0.5) is 13.2 Å². The molecular formula is C12H17ClF3NO. The van der Waals surface area contributed by atoms with Crippen LogP contribution in [0, 0.1) is 0 Å². The fourth-order valence-electron chi connectivity index (χ4n) is 1.51. The molecule has 0 aliphatic carbocycles. The Hall–Kier alpha value is -0.940. The summed E-state index contributed by atoms with van der Waals surface area (Å²) in [5.41, 5.74) is 6.72. The molecule has 0 amide bonds. The van der Waals surface area contributed by atoms with Crippen molar-refractivity contribution in [3.05, 3.63) is 29.8 Å². The van der Waals surface area contributed by atoms with E-state index in [1.165, 1.54) is 12.1 Å². The van der Waals surface area contributed by atoms with Gasteiger partial charge in [-0.25, -0.2) is 0 Å². The summed E-state index contributed by atoms with van der Waals surface area (Å²) in [5, 5.41) is 0. The Morgan fingerprint density at radius 2 is 1.78 bits per heavy atom. The molecule has 6 heteroatoms. The molecule has 1 rings (SSSR count). The van der Waals surface area contributed by atoms with Gasteiger partial charge in [-0.15, -0.1) is 25.6 Å². The average molecular weight is 284 g/mol. The van der Waals surface area contributed by atoms with Crippen LogP contribution in [-0.4, -0.2) is 6.36 Å². The predicted octanol–water partition coefficient (Wildman–Crippen LogP) is 4.20. The molecule has 1 aromatic rings. The van der Waals surface area contributed by atoms with Gasteiger partial charge in [0.2, 0.25) is 0 Å². The molecule has 104 valence electrons. The van der Waals surface area contributed by atoms with E-state index in [4.69, 9.17) is 5.73 Å². The number of rotatable bonds is 5. The summed E-state index contributed by atoms with van der Waals surface area (Å²) in [5.74, 6) is -0.219. The van der Waals surface area contributed by atoms with Crippen molar-refractivity contribution in [1.82, 2.24) is 0 Å². The lowest BCUT2D eigenvalue weighted by molar-refractivity contribution is -0.274. The highest BCUT2D eigenvalue weighted by molar-refractivity contribution is 5.85. The zero-order valence-corrected chi connectivity index (χ0v) is 10.9. The summed E-state index contributed by atoms with van der Waals surface area (Å²) in [6.07, 6.45) is -1.77. The van der Waals surface area contributed by atoms with E-state index in [0.717, 1.165) is 24.8 Å². The Morgan fingerprint density at radius 1 is 1.22 bits per heavy atom. The maximum atomic E-state index is 11.9. The van der Waals surface area contributed by atoms with Gasteiger partial charge < -0.3 is 10.5 Å². The number of nitrogens with two attached hydrogens (primary N) is 1. The highest BCUT2D eigenvalue weighted by Crippen LogP contribution is 2.25. The lowest BCUT2D eigenvalue weighted by Crippen LogP contribution is -2.17. The topological polar surface area (TPSA) is 35.2 Å². The molecule has 0 saturated carbocycles. The number of hydrogen-bond acceptors (Lipinski definition) is 2. The molecule has 0 aromatic heterocycles. The molecule has 0 fully saturated rings. The SMILES string of the molecule is CCCC[C@@H](N)c1ccc(OC(F)(F)F)cc1.Cl. The molecule has 1 aromatic carbocycles. The first-order chi connectivity index (χ1) is 7.92. The third-order valence-electron chi connectivity index (χ3n) is 2.41. The first-order valence-corrected chi connectivity index (χ1v) is 5.53. The number of halogens is 4. The Kier molecular flexibility index (Phi) is 7.09. The number of alkyl halides is 3. The van der Waals surface area contributed by atoms with Crippen LogP contribution in [0.2, 0.25) is 0 Å². The van der Waals surface area contributed by atoms with Gasteiger partial charge in [0.1, 0.15) is 5.75 Å². The maximum Gasteiger partial charge on any atom is 0.573 e. The third-order valence-corrected chi connectivity index (χ3v) is 2.41. The van der Waals surface area contributed by atoms with Crippen molar-refractivity contribution in [2.45, 2.75) is 38.6 Å². The first kappa shape index (κ1) is 17.1. The van der Waals surface area contributed by atoms with Crippen LogP contribution in [0.1, 0.15) is 37.8 Å². The van der Waals surface area contributed by atoms with Crippen LogP contribution in [0.5, 0.6) is 5.75 Å². The van der Waals surface area contributed by atoms with Gasteiger partial charge in [-0.2, -0.15) is 0 Å². The molecule has 18 heavy (non-hydrogen) atoms. The molecule has 2 N–H and O–H groups in total. The fraction of sp³-hybridized carbons (Fsp3) is 0.500. The normalized spacial score (nSPS) is 12.7. The highest BCUT2D eigenvalue weighted by atomic mass is 35.5. The summed E-state index contributed by atoms with van der Waals surface area (Å²) in [6, 6.07) is 5.58. The Bertz CT molecular complexity index is 340. The minimum atomic E-state index is -4.65. The van der Waals surface area contributed by atoms with Crippen LogP contribution in [0.3, 0.4) is 0 Å².